The topological polar surface area (TPSA) is 83.8 Å². The van der Waals surface area contributed by atoms with E-state index in [9.17, 15) is 9.50 Å². The maximum absolute atomic E-state index is 15.0. The van der Waals surface area contributed by atoms with Crippen LogP contribution in [-0.2, 0) is 4.74 Å². The van der Waals surface area contributed by atoms with E-state index in [1.165, 1.54) is 11.3 Å². The first-order chi connectivity index (χ1) is 23.6. The molecule has 50 heavy (non-hydrogen) atoms. The molecular formula is C35H35B4ClFN5O3S. The van der Waals surface area contributed by atoms with Gasteiger partial charge < -0.3 is 24.4 Å². The number of thiophene rings is 1. The number of anilines is 1. The standard InChI is InChI=1S/C35H35B4ClFN5O3S/c1-4-21-18(2)13-23(40)24(19-5-6-19)25(21)27-28-22(7-10-42-27)26-29(45-11-12-48-17-32(3,47)16-45)43-31(44-30(26)50-28)49-35(38,39)33-8-9-34(36,37)46(33)15-20(41)14-33/h4,7,10,13,19-20,47H,1,5-6,8-9,11-12,14-17H2,2-3H3/t20-,32-,33?/m0/s1. The lowest BCUT2D eigenvalue weighted by Gasteiger charge is -2.49. The number of hydrogen-bond donors (Lipinski definition) is 1. The van der Waals surface area contributed by atoms with Crippen LogP contribution in [0, 0.1) is 6.92 Å². The number of halogens is 2. The molecule has 0 amide bonds. The molecule has 3 atom stereocenters. The number of nitrogens with zero attached hydrogens (tertiary/aromatic N) is 5. The van der Waals surface area contributed by atoms with Crippen LogP contribution in [0.15, 0.2) is 24.9 Å². The van der Waals surface area contributed by atoms with Crippen molar-refractivity contribution < 1.29 is 19.0 Å². The van der Waals surface area contributed by atoms with Crippen LogP contribution in [0.25, 0.3) is 37.6 Å². The van der Waals surface area contributed by atoms with Crippen molar-refractivity contribution >= 4 is 86.5 Å². The molecule has 250 valence electrons. The highest BCUT2D eigenvalue weighted by Crippen LogP contribution is 2.53. The van der Waals surface area contributed by atoms with Crippen LogP contribution in [0.4, 0.5) is 10.2 Å². The molecule has 1 unspecified atom stereocenters. The van der Waals surface area contributed by atoms with Crippen LogP contribution < -0.4 is 9.64 Å². The molecule has 1 aliphatic carbocycles. The molecule has 8 nitrogen and oxygen atoms in total. The first-order valence-electron chi connectivity index (χ1n) is 17.0. The van der Waals surface area contributed by atoms with Crippen molar-refractivity contribution in [3.8, 4) is 17.3 Å². The summed E-state index contributed by atoms with van der Waals surface area (Å²) in [6, 6.07) is 3.87. The summed E-state index contributed by atoms with van der Waals surface area (Å²) in [6.45, 7) is 9.10. The predicted molar refractivity (Wildman–Crippen MR) is 201 cm³/mol. The minimum Gasteiger partial charge on any atom is -0.475 e. The Labute approximate surface area is 305 Å². The number of β-amino-alcohol motifs (C(OH)–C–C–N with tert-alkyl or cyclic N) is 1. The number of hydrogen-bond acceptors (Lipinski definition) is 9. The molecule has 1 N–H and O–H groups in total. The molecule has 15 heteroatoms. The summed E-state index contributed by atoms with van der Waals surface area (Å²) in [5.41, 5.74) is 2.48. The van der Waals surface area contributed by atoms with E-state index in [0.29, 0.717) is 42.6 Å². The second-order valence-electron chi connectivity index (χ2n) is 14.8. The maximum atomic E-state index is 15.0. The van der Waals surface area contributed by atoms with Gasteiger partial charge in [0.1, 0.15) is 38.1 Å². The van der Waals surface area contributed by atoms with Gasteiger partial charge in [-0.1, -0.05) is 29.6 Å². The number of aromatic nitrogens is 3. The lowest BCUT2D eigenvalue weighted by atomic mass is 9.52. The van der Waals surface area contributed by atoms with Gasteiger partial charge in [0, 0.05) is 52.6 Å². The molecule has 8 rings (SSSR count). The van der Waals surface area contributed by atoms with Crippen LogP contribution in [-0.4, -0.2) is 117 Å². The maximum Gasteiger partial charge on any atom is 0.318 e. The highest BCUT2D eigenvalue weighted by atomic mass is 35.5. The lowest BCUT2D eigenvalue weighted by molar-refractivity contribution is -0.0123. The highest BCUT2D eigenvalue weighted by molar-refractivity contribution is 7.26. The van der Waals surface area contributed by atoms with Crippen LogP contribution in [0.3, 0.4) is 0 Å². The number of ether oxygens (including phenoxy) is 2. The van der Waals surface area contributed by atoms with Crippen molar-refractivity contribution in [3.63, 3.8) is 0 Å². The van der Waals surface area contributed by atoms with Crippen molar-refractivity contribution in [2.24, 2.45) is 0 Å². The first kappa shape index (κ1) is 34.5. The van der Waals surface area contributed by atoms with Gasteiger partial charge in [0.05, 0.1) is 51.2 Å². The molecular weight excluding hydrogens is 668 g/mol. The van der Waals surface area contributed by atoms with E-state index in [4.69, 9.17) is 67.4 Å². The molecule has 4 aromatic rings. The summed E-state index contributed by atoms with van der Waals surface area (Å²) >= 11 is 8.39. The largest absolute Gasteiger partial charge is 0.475 e. The van der Waals surface area contributed by atoms with E-state index in [-0.39, 0.29) is 32.1 Å². The Morgan fingerprint density at radius 3 is 2.78 bits per heavy atom. The van der Waals surface area contributed by atoms with Crippen LogP contribution in [0.5, 0.6) is 6.01 Å². The van der Waals surface area contributed by atoms with Gasteiger partial charge in [-0.15, -0.1) is 11.3 Å². The van der Waals surface area contributed by atoms with Crippen molar-refractivity contribution in [3.05, 3.63) is 46.6 Å². The van der Waals surface area contributed by atoms with Gasteiger partial charge in [-0.25, -0.2) is 4.39 Å². The zero-order valence-corrected chi connectivity index (χ0v) is 29.8. The first-order valence-corrected chi connectivity index (χ1v) is 18.2. The SMILES string of the molecule is [B]C1([B])CCC2(C([B])([B])Oc3nc(N4CCOC[C@@](C)(O)C4)c4c(n3)sc3c(-c5c(C=C)c(C)cc(Cl)c5C5CC5)nccc34)C[C@H](F)CN12. The Bertz CT molecular complexity index is 2040. The van der Waals surface area contributed by atoms with Crippen molar-refractivity contribution in [2.45, 2.75) is 79.9 Å². The van der Waals surface area contributed by atoms with Crippen LogP contribution >= 0.6 is 22.9 Å². The average Bonchev–Trinajstić information content (AvgIpc) is 3.67. The zero-order valence-electron chi connectivity index (χ0n) is 28.2. The average molecular weight is 703 g/mol. The fourth-order valence-corrected chi connectivity index (χ4v) is 9.93. The van der Waals surface area contributed by atoms with Gasteiger partial charge in [-0.2, -0.15) is 9.97 Å². The molecule has 3 saturated heterocycles. The van der Waals surface area contributed by atoms with E-state index in [0.717, 1.165) is 61.3 Å². The third kappa shape index (κ3) is 5.51. The number of aryl methyl sites for hydroxylation is 1. The smallest absolute Gasteiger partial charge is 0.318 e. The van der Waals surface area contributed by atoms with E-state index in [1.54, 1.807) is 18.0 Å². The second kappa shape index (κ2) is 12.0. The molecule has 1 aromatic carbocycles. The number of aliphatic hydroxyl groups is 1. The Kier molecular flexibility index (Phi) is 8.24. The normalized spacial score (nSPS) is 27.1. The van der Waals surface area contributed by atoms with E-state index in [2.05, 4.69) is 6.58 Å². The molecule has 8 radical (unpaired) electrons. The Morgan fingerprint density at radius 1 is 1.26 bits per heavy atom. The number of pyridine rings is 1. The van der Waals surface area contributed by atoms with E-state index < -0.39 is 28.0 Å². The summed E-state index contributed by atoms with van der Waals surface area (Å²) in [6.07, 6.45) is 5.23. The minimum absolute atomic E-state index is 0.00349. The van der Waals surface area contributed by atoms with E-state index in [1.807, 2.05) is 30.0 Å². The minimum atomic E-state index is -1.95. The molecule has 4 aliphatic rings. The monoisotopic (exact) mass is 703 g/mol. The quantitative estimate of drug-likeness (QED) is 0.272. The van der Waals surface area contributed by atoms with Gasteiger partial charge in [-0.05, 0) is 74.3 Å². The Morgan fingerprint density at radius 2 is 2.04 bits per heavy atom. The molecule has 4 fully saturated rings. The number of rotatable bonds is 7. The van der Waals surface area contributed by atoms with Gasteiger partial charge >= 0.3 is 6.01 Å². The fourth-order valence-electron chi connectivity index (χ4n) is 8.37. The van der Waals surface area contributed by atoms with Crippen molar-refractivity contribution in [1.29, 1.82) is 0 Å². The van der Waals surface area contributed by atoms with Crippen molar-refractivity contribution in [1.82, 2.24) is 19.9 Å². The van der Waals surface area contributed by atoms with Gasteiger partial charge in [0.15, 0.2) is 0 Å². The van der Waals surface area contributed by atoms with Gasteiger partial charge in [0.2, 0.25) is 0 Å². The third-order valence-electron chi connectivity index (χ3n) is 10.8. The molecule has 3 aromatic heterocycles. The summed E-state index contributed by atoms with van der Waals surface area (Å²) in [4.78, 5) is 19.0. The van der Waals surface area contributed by atoms with Crippen LogP contribution in [0.1, 0.15) is 61.6 Å². The highest BCUT2D eigenvalue weighted by Gasteiger charge is 2.62. The number of benzene rings is 1. The summed E-state index contributed by atoms with van der Waals surface area (Å²) in [5, 5.41) is 10.3. The molecule has 0 spiro atoms. The van der Waals surface area contributed by atoms with Crippen molar-refractivity contribution in [2.75, 3.05) is 37.7 Å². The number of alkyl halides is 1. The molecule has 1 saturated carbocycles. The van der Waals surface area contributed by atoms with Crippen LogP contribution in [0.2, 0.25) is 5.02 Å². The molecule has 6 heterocycles. The summed E-state index contributed by atoms with van der Waals surface area (Å²) < 4.78 is 28.0. The lowest BCUT2D eigenvalue weighted by Crippen LogP contribution is -2.66. The van der Waals surface area contributed by atoms with Gasteiger partial charge in [-0.3, -0.25) is 4.98 Å². The molecule has 3 aliphatic heterocycles. The summed E-state index contributed by atoms with van der Waals surface area (Å²) in [5.74, 6) is 0.862. The Balaban J connectivity index is 1.33. The van der Waals surface area contributed by atoms with E-state index >= 15 is 0 Å². The zero-order chi connectivity index (χ0) is 35.4. The molecule has 0 bridgehead atoms. The summed E-state index contributed by atoms with van der Waals surface area (Å²) in [7, 11) is 26.4. The number of fused-ring (bicyclic) bond motifs is 4. The third-order valence-corrected chi connectivity index (χ3v) is 12.3. The predicted octanol–water partition coefficient (Wildman–Crippen LogP) is 4.91. The fraction of sp³-hybridized carbons (Fsp3) is 0.514. The van der Waals surface area contributed by atoms with Gasteiger partial charge in [0.25, 0.3) is 0 Å². The Hall–Kier alpha value is -2.63. The second-order valence-corrected chi connectivity index (χ2v) is 16.2.